The molecule has 7 nitrogen and oxygen atoms in total. The number of carbonyl (C=O) groups excluding carboxylic acids is 1. The second kappa shape index (κ2) is 6.00. The molecule has 1 aromatic rings. The van der Waals surface area contributed by atoms with Crippen molar-refractivity contribution in [3.05, 3.63) is 23.8 Å². The average molecular weight is 288 g/mol. The normalized spacial score (nSPS) is 13.0. The van der Waals surface area contributed by atoms with Crippen molar-refractivity contribution >= 4 is 21.7 Å². The number of nitrogens with two attached hydrogens (primary N) is 1. The van der Waals surface area contributed by atoms with E-state index in [2.05, 4.69) is 9.46 Å². The number of benzene rings is 1. The van der Waals surface area contributed by atoms with Crippen LogP contribution in [0.2, 0.25) is 0 Å². The van der Waals surface area contributed by atoms with Crippen molar-refractivity contribution in [3.8, 4) is 0 Å². The molecule has 106 valence electrons. The second-order valence-corrected chi connectivity index (χ2v) is 5.68. The Labute approximate surface area is 111 Å². The number of nitrogens with one attached hydrogen (secondary N) is 1. The van der Waals surface area contributed by atoms with Gasteiger partial charge in [0.2, 0.25) is 10.0 Å². The van der Waals surface area contributed by atoms with E-state index in [9.17, 15) is 13.2 Å². The number of ether oxygens (including phenoxy) is 1. The topological polar surface area (TPSA) is 119 Å². The summed E-state index contributed by atoms with van der Waals surface area (Å²) in [6.45, 7) is 1.28. The van der Waals surface area contributed by atoms with Crippen LogP contribution in [0.4, 0.5) is 5.69 Å². The van der Waals surface area contributed by atoms with Gasteiger partial charge in [0.25, 0.3) is 0 Å². The maximum atomic E-state index is 12.0. The molecular formula is C11H16N2O5S. The van der Waals surface area contributed by atoms with E-state index in [-0.39, 0.29) is 22.7 Å². The van der Waals surface area contributed by atoms with Crippen molar-refractivity contribution < 1.29 is 23.1 Å². The van der Waals surface area contributed by atoms with Crippen LogP contribution in [0.25, 0.3) is 0 Å². The summed E-state index contributed by atoms with van der Waals surface area (Å²) >= 11 is 0. The van der Waals surface area contributed by atoms with Gasteiger partial charge in [0.15, 0.2) is 0 Å². The van der Waals surface area contributed by atoms with Crippen molar-refractivity contribution in [3.63, 3.8) is 0 Å². The maximum Gasteiger partial charge on any atom is 0.339 e. The van der Waals surface area contributed by atoms with Crippen LogP contribution < -0.4 is 10.5 Å². The van der Waals surface area contributed by atoms with E-state index in [0.29, 0.717) is 0 Å². The zero-order valence-corrected chi connectivity index (χ0v) is 11.4. The lowest BCUT2D eigenvalue weighted by molar-refractivity contribution is 0.0596. The fourth-order valence-electron chi connectivity index (χ4n) is 1.36. The summed E-state index contributed by atoms with van der Waals surface area (Å²) in [6, 6.07) is 3.80. The number of esters is 1. The predicted octanol–water partition coefficient (Wildman–Crippen LogP) is -0.286. The van der Waals surface area contributed by atoms with E-state index in [4.69, 9.17) is 10.8 Å². The molecule has 0 radical (unpaired) electrons. The molecular weight excluding hydrogens is 272 g/mol. The molecule has 8 heteroatoms. The lowest BCUT2D eigenvalue weighted by atomic mass is 10.2. The van der Waals surface area contributed by atoms with E-state index < -0.39 is 22.1 Å². The third kappa shape index (κ3) is 3.91. The Balaban J connectivity index is 3.22. The standard InChI is InChI=1S/C11H16N2O5S/c1-7(14)6-13-19(16,17)10-4-3-8(12)5-9(10)11(15)18-2/h3-5,7,13-14H,6,12H2,1-2H3/t7-/m0/s1. The zero-order valence-electron chi connectivity index (χ0n) is 10.6. The van der Waals surface area contributed by atoms with Gasteiger partial charge in [-0.05, 0) is 25.1 Å². The Hall–Kier alpha value is -1.64. The smallest absolute Gasteiger partial charge is 0.339 e. The first-order valence-corrected chi connectivity index (χ1v) is 6.92. The Morgan fingerprint density at radius 1 is 1.53 bits per heavy atom. The molecule has 1 aromatic carbocycles. The molecule has 0 aliphatic carbocycles. The molecule has 0 saturated heterocycles. The van der Waals surface area contributed by atoms with Crippen LogP contribution >= 0.6 is 0 Å². The fourth-order valence-corrected chi connectivity index (χ4v) is 2.65. The van der Waals surface area contributed by atoms with Crippen LogP contribution in [0.3, 0.4) is 0 Å². The van der Waals surface area contributed by atoms with Gasteiger partial charge in [-0.1, -0.05) is 0 Å². The monoisotopic (exact) mass is 288 g/mol. The molecule has 0 aliphatic heterocycles. The zero-order chi connectivity index (χ0) is 14.6. The van der Waals surface area contributed by atoms with Gasteiger partial charge in [0.05, 0.1) is 23.7 Å². The van der Waals surface area contributed by atoms with E-state index in [1.165, 1.54) is 25.1 Å². The number of methoxy groups -OCH3 is 1. The molecule has 0 spiro atoms. The van der Waals surface area contributed by atoms with Gasteiger partial charge in [-0.25, -0.2) is 17.9 Å². The third-order valence-corrected chi connectivity index (χ3v) is 3.75. The highest BCUT2D eigenvalue weighted by molar-refractivity contribution is 7.89. The number of anilines is 1. The third-order valence-electron chi connectivity index (χ3n) is 2.27. The molecule has 4 N–H and O–H groups in total. The van der Waals surface area contributed by atoms with E-state index >= 15 is 0 Å². The van der Waals surface area contributed by atoms with E-state index in [0.717, 1.165) is 7.11 Å². The predicted molar refractivity (Wildman–Crippen MR) is 69.1 cm³/mol. The van der Waals surface area contributed by atoms with Gasteiger partial charge in [-0.2, -0.15) is 0 Å². The van der Waals surface area contributed by atoms with Crippen LogP contribution in [0, 0.1) is 0 Å². The summed E-state index contributed by atoms with van der Waals surface area (Å²) in [5, 5.41) is 9.09. The molecule has 1 atom stereocenters. The van der Waals surface area contributed by atoms with Crippen LogP contribution in [0.5, 0.6) is 0 Å². The largest absolute Gasteiger partial charge is 0.465 e. The first-order chi connectivity index (χ1) is 8.77. The summed E-state index contributed by atoms with van der Waals surface area (Å²) in [4.78, 5) is 11.3. The number of carbonyl (C=O) groups is 1. The highest BCUT2D eigenvalue weighted by atomic mass is 32.2. The number of nitrogen functional groups attached to an aromatic ring is 1. The summed E-state index contributed by atoms with van der Waals surface area (Å²) in [5.74, 6) is -0.801. The molecule has 0 aliphatic rings. The number of aliphatic hydroxyl groups is 1. The molecule has 1 rings (SSSR count). The first-order valence-electron chi connectivity index (χ1n) is 5.43. The average Bonchev–Trinajstić information content (AvgIpc) is 2.35. The SMILES string of the molecule is COC(=O)c1cc(N)ccc1S(=O)(=O)NC[C@H](C)O. The number of sulfonamides is 1. The van der Waals surface area contributed by atoms with Crippen molar-refractivity contribution in [2.75, 3.05) is 19.4 Å². The van der Waals surface area contributed by atoms with E-state index in [1.54, 1.807) is 0 Å². The molecule has 0 saturated carbocycles. The fraction of sp³-hybridized carbons (Fsp3) is 0.364. The number of hydrogen-bond acceptors (Lipinski definition) is 6. The van der Waals surface area contributed by atoms with Crippen molar-refractivity contribution in [2.45, 2.75) is 17.9 Å². The van der Waals surface area contributed by atoms with Crippen LogP contribution in [0.1, 0.15) is 17.3 Å². The van der Waals surface area contributed by atoms with Gasteiger partial charge in [-0.15, -0.1) is 0 Å². The lowest BCUT2D eigenvalue weighted by Crippen LogP contribution is -2.31. The molecule has 0 bridgehead atoms. The van der Waals surface area contributed by atoms with Crippen molar-refractivity contribution in [2.24, 2.45) is 0 Å². The van der Waals surface area contributed by atoms with Crippen LogP contribution in [-0.2, 0) is 14.8 Å². The highest BCUT2D eigenvalue weighted by Gasteiger charge is 2.23. The van der Waals surface area contributed by atoms with Gasteiger partial charge in [-0.3, -0.25) is 0 Å². The molecule has 0 heterocycles. The number of aliphatic hydroxyl groups excluding tert-OH is 1. The minimum absolute atomic E-state index is 0.152. The quantitative estimate of drug-likeness (QED) is 0.506. The molecule has 0 aromatic heterocycles. The minimum Gasteiger partial charge on any atom is -0.465 e. The van der Waals surface area contributed by atoms with Crippen LogP contribution in [-0.4, -0.2) is 39.3 Å². The summed E-state index contributed by atoms with van der Waals surface area (Å²) < 4.78 is 30.7. The van der Waals surface area contributed by atoms with Gasteiger partial charge < -0.3 is 15.6 Å². The molecule has 19 heavy (non-hydrogen) atoms. The maximum absolute atomic E-state index is 12.0. The number of rotatable bonds is 5. The van der Waals surface area contributed by atoms with Gasteiger partial charge >= 0.3 is 5.97 Å². The Morgan fingerprint density at radius 3 is 2.68 bits per heavy atom. The van der Waals surface area contributed by atoms with Crippen molar-refractivity contribution in [1.29, 1.82) is 0 Å². The summed E-state index contributed by atoms with van der Waals surface area (Å²) in [7, 11) is -2.78. The second-order valence-electron chi connectivity index (χ2n) is 3.95. The first kappa shape index (κ1) is 15.4. The summed E-state index contributed by atoms with van der Waals surface area (Å²) in [5.41, 5.74) is 5.62. The highest BCUT2D eigenvalue weighted by Crippen LogP contribution is 2.19. The van der Waals surface area contributed by atoms with Gasteiger partial charge in [0.1, 0.15) is 0 Å². The Bertz CT molecular complexity index is 568. The van der Waals surface area contributed by atoms with Crippen LogP contribution in [0.15, 0.2) is 23.1 Å². The van der Waals surface area contributed by atoms with Gasteiger partial charge in [0, 0.05) is 12.2 Å². The number of hydrogen-bond donors (Lipinski definition) is 3. The Morgan fingerprint density at radius 2 is 2.16 bits per heavy atom. The van der Waals surface area contributed by atoms with Crippen molar-refractivity contribution in [1.82, 2.24) is 4.72 Å². The molecule has 0 fully saturated rings. The lowest BCUT2D eigenvalue weighted by Gasteiger charge is -2.12. The van der Waals surface area contributed by atoms with E-state index in [1.807, 2.05) is 0 Å². The Kier molecular flexibility index (Phi) is 4.87. The molecule has 0 unspecified atom stereocenters. The molecule has 0 amide bonds. The minimum atomic E-state index is -3.92. The summed E-state index contributed by atoms with van der Waals surface area (Å²) in [6.07, 6.45) is -0.842.